The first-order valence-corrected chi connectivity index (χ1v) is 13.7. The summed E-state index contributed by atoms with van der Waals surface area (Å²) >= 11 is 0. The van der Waals surface area contributed by atoms with Gasteiger partial charge in [-0.2, -0.15) is 0 Å². The Hall–Kier alpha value is -4.14. The predicted octanol–water partition coefficient (Wildman–Crippen LogP) is 3.72. The maximum atomic E-state index is 14.8. The monoisotopic (exact) mass is 543 g/mol. The third kappa shape index (κ3) is 5.59. The Labute approximate surface area is 233 Å². The number of benzene rings is 2. The van der Waals surface area contributed by atoms with Crippen molar-refractivity contribution in [3.05, 3.63) is 95.1 Å². The highest BCUT2D eigenvalue weighted by atomic mass is 19.1. The van der Waals surface area contributed by atoms with Gasteiger partial charge in [-0.05, 0) is 22.6 Å². The van der Waals surface area contributed by atoms with E-state index in [1.165, 1.54) is 22.3 Å². The minimum absolute atomic E-state index is 0.103. The van der Waals surface area contributed by atoms with Gasteiger partial charge in [-0.25, -0.2) is 4.39 Å². The molecule has 0 aliphatic carbocycles. The minimum atomic E-state index is -1.35. The molecule has 40 heavy (non-hydrogen) atoms. The van der Waals surface area contributed by atoms with Gasteiger partial charge in [0, 0.05) is 32.2 Å². The first kappa shape index (κ1) is 27.4. The summed E-state index contributed by atoms with van der Waals surface area (Å²) in [4.78, 5) is 51.5. The first-order valence-electron chi connectivity index (χ1n) is 13.7. The van der Waals surface area contributed by atoms with Gasteiger partial charge in [0.25, 0.3) is 0 Å². The molecule has 0 spiro atoms. The van der Waals surface area contributed by atoms with Crippen LogP contribution in [-0.4, -0.2) is 62.3 Å². The molecule has 1 N–H and O–H groups in total. The Kier molecular flexibility index (Phi) is 7.91. The van der Waals surface area contributed by atoms with Crippen LogP contribution in [0.25, 0.3) is 0 Å². The van der Waals surface area contributed by atoms with Crippen LogP contribution in [-0.2, 0) is 27.3 Å². The smallest absolute Gasteiger partial charge is 0.246 e. The summed E-state index contributed by atoms with van der Waals surface area (Å²) in [7, 11) is 0. The molecule has 0 bridgehead atoms. The van der Waals surface area contributed by atoms with Crippen molar-refractivity contribution in [1.29, 1.82) is 0 Å². The Balaban J connectivity index is 1.40. The number of fused-ring (bicyclic) bond motifs is 1. The lowest BCUT2D eigenvalue weighted by Crippen LogP contribution is -2.56. The normalized spacial score (nSPS) is 21.2. The van der Waals surface area contributed by atoms with E-state index in [1.54, 1.807) is 12.4 Å². The molecule has 208 valence electrons. The third-order valence-corrected chi connectivity index (χ3v) is 7.82. The van der Waals surface area contributed by atoms with Gasteiger partial charge in [0.05, 0.1) is 30.5 Å². The minimum Gasteiger partial charge on any atom is -0.343 e. The molecule has 2 aliphatic heterocycles. The Morgan fingerprint density at radius 3 is 2.15 bits per heavy atom. The first-order chi connectivity index (χ1) is 19.2. The SMILES string of the molecule is CC(=O)N1Cc2nccnc2CC1C(=O)N1CC(F)CC1C(=O)NC(c1ccccc1)c1ccc(C(C)C)cc1. The van der Waals surface area contributed by atoms with Gasteiger partial charge in [0.1, 0.15) is 18.3 Å². The largest absolute Gasteiger partial charge is 0.343 e. The summed E-state index contributed by atoms with van der Waals surface area (Å²) < 4.78 is 14.8. The van der Waals surface area contributed by atoms with Crippen LogP contribution in [0.5, 0.6) is 0 Å². The van der Waals surface area contributed by atoms with Crippen molar-refractivity contribution < 1.29 is 18.8 Å². The van der Waals surface area contributed by atoms with Crippen LogP contribution in [0.1, 0.15) is 67.2 Å². The standard InChI is InChI=1S/C31H34FN5O3/c1-19(2)21-9-11-23(12-10-21)29(22-7-5-4-6-8-22)35-30(39)27-15-24(32)17-37(27)31(40)28-16-25-26(34-14-13-33-25)18-36(28)20(3)38/h4-14,19,24,27-29H,15-18H2,1-3H3,(H,35,39). The molecule has 0 radical (unpaired) electrons. The maximum Gasteiger partial charge on any atom is 0.246 e. The molecule has 9 heteroatoms. The van der Waals surface area contributed by atoms with Gasteiger partial charge in [-0.3, -0.25) is 24.4 Å². The zero-order chi connectivity index (χ0) is 28.4. The van der Waals surface area contributed by atoms with Gasteiger partial charge in [-0.15, -0.1) is 0 Å². The van der Waals surface area contributed by atoms with Gasteiger partial charge >= 0.3 is 0 Å². The lowest BCUT2D eigenvalue weighted by molar-refractivity contribution is -0.148. The number of amides is 3. The number of rotatable bonds is 6. The van der Waals surface area contributed by atoms with Gasteiger partial charge in [0.2, 0.25) is 17.7 Å². The van der Waals surface area contributed by atoms with E-state index >= 15 is 0 Å². The molecule has 8 nitrogen and oxygen atoms in total. The number of carbonyl (C=O) groups is 3. The van der Waals surface area contributed by atoms with Crippen molar-refractivity contribution in [3.63, 3.8) is 0 Å². The van der Waals surface area contributed by atoms with Crippen LogP contribution in [0.2, 0.25) is 0 Å². The molecule has 3 heterocycles. The lowest BCUT2D eigenvalue weighted by atomic mass is 9.95. The molecule has 2 aromatic carbocycles. The van der Waals surface area contributed by atoms with Crippen LogP contribution in [0, 0.1) is 0 Å². The van der Waals surface area contributed by atoms with Crippen LogP contribution in [0.3, 0.4) is 0 Å². The average Bonchev–Trinajstić information content (AvgIpc) is 3.36. The van der Waals surface area contributed by atoms with E-state index in [4.69, 9.17) is 0 Å². The molecule has 3 amide bonds. The molecule has 4 unspecified atom stereocenters. The number of nitrogens with one attached hydrogen (secondary N) is 1. The maximum absolute atomic E-state index is 14.8. The van der Waals surface area contributed by atoms with Crippen molar-refractivity contribution >= 4 is 17.7 Å². The number of likely N-dealkylation sites (tertiary alicyclic amines) is 1. The Bertz CT molecular complexity index is 1380. The highest BCUT2D eigenvalue weighted by Crippen LogP contribution is 2.29. The molecule has 5 rings (SSSR count). The van der Waals surface area contributed by atoms with Crippen LogP contribution < -0.4 is 5.32 Å². The van der Waals surface area contributed by atoms with E-state index in [9.17, 15) is 18.8 Å². The summed E-state index contributed by atoms with van der Waals surface area (Å²) in [6.45, 7) is 5.57. The number of carbonyl (C=O) groups excluding carboxylic acids is 3. The van der Waals surface area contributed by atoms with Gasteiger partial charge in [0.15, 0.2) is 0 Å². The van der Waals surface area contributed by atoms with Crippen LogP contribution >= 0.6 is 0 Å². The molecule has 1 fully saturated rings. The number of hydrogen-bond donors (Lipinski definition) is 1. The van der Waals surface area contributed by atoms with E-state index in [-0.39, 0.29) is 31.8 Å². The van der Waals surface area contributed by atoms with Crippen LogP contribution in [0.4, 0.5) is 4.39 Å². The second-order valence-electron chi connectivity index (χ2n) is 10.8. The molecule has 1 saturated heterocycles. The summed E-state index contributed by atoms with van der Waals surface area (Å²) in [5.41, 5.74) is 4.22. The molecule has 2 aliphatic rings. The quantitative estimate of drug-likeness (QED) is 0.512. The predicted molar refractivity (Wildman–Crippen MR) is 148 cm³/mol. The Morgan fingerprint density at radius 2 is 1.50 bits per heavy atom. The fourth-order valence-electron chi connectivity index (χ4n) is 5.60. The third-order valence-electron chi connectivity index (χ3n) is 7.82. The van der Waals surface area contributed by atoms with E-state index in [0.29, 0.717) is 17.3 Å². The second-order valence-corrected chi connectivity index (χ2v) is 10.8. The molecule has 4 atom stereocenters. The van der Waals surface area contributed by atoms with E-state index in [1.807, 2.05) is 54.6 Å². The van der Waals surface area contributed by atoms with E-state index in [2.05, 4.69) is 29.1 Å². The molecular weight excluding hydrogens is 509 g/mol. The van der Waals surface area contributed by atoms with Crippen molar-refractivity contribution in [1.82, 2.24) is 25.1 Å². The number of halogens is 1. The van der Waals surface area contributed by atoms with Crippen molar-refractivity contribution in [2.75, 3.05) is 6.54 Å². The number of alkyl halides is 1. The number of aromatic nitrogens is 2. The zero-order valence-electron chi connectivity index (χ0n) is 23.0. The highest BCUT2D eigenvalue weighted by Gasteiger charge is 2.45. The van der Waals surface area contributed by atoms with Crippen LogP contribution in [0.15, 0.2) is 67.0 Å². The van der Waals surface area contributed by atoms with Gasteiger partial charge in [-0.1, -0.05) is 68.4 Å². The summed E-state index contributed by atoms with van der Waals surface area (Å²) in [5.74, 6) is -0.809. The number of hydrogen-bond acceptors (Lipinski definition) is 5. The van der Waals surface area contributed by atoms with Crippen molar-refractivity contribution in [2.24, 2.45) is 0 Å². The second kappa shape index (κ2) is 11.5. The molecule has 0 saturated carbocycles. The lowest BCUT2D eigenvalue weighted by Gasteiger charge is -2.37. The van der Waals surface area contributed by atoms with Crippen molar-refractivity contribution in [2.45, 2.75) is 70.4 Å². The summed E-state index contributed by atoms with van der Waals surface area (Å²) in [6, 6.07) is 15.3. The number of nitrogens with zero attached hydrogens (tertiary/aromatic N) is 4. The Morgan fingerprint density at radius 1 is 0.875 bits per heavy atom. The molecule has 1 aromatic heterocycles. The summed E-state index contributed by atoms with van der Waals surface area (Å²) in [6.07, 6.45) is 1.81. The average molecular weight is 544 g/mol. The highest BCUT2D eigenvalue weighted by molar-refractivity contribution is 5.93. The molecule has 3 aromatic rings. The van der Waals surface area contributed by atoms with E-state index < -0.39 is 36.1 Å². The molecular formula is C31H34FN5O3. The van der Waals surface area contributed by atoms with E-state index in [0.717, 1.165) is 11.1 Å². The zero-order valence-corrected chi connectivity index (χ0v) is 23.0. The fourth-order valence-corrected chi connectivity index (χ4v) is 5.60. The topological polar surface area (TPSA) is 95.5 Å². The van der Waals surface area contributed by atoms with Crippen molar-refractivity contribution in [3.8, 4) is 0 Å². The summed E-state index contributed by atoms with van der Waals surface area (Å²) in [5, 5.41) is 3.10. The van der Waals surface area contributed by atoms with Gasteiger partial charge < -0.3 is 15.1 Å². The fraction of sp³-hybridized carbons (Fsp3) is 0.387.